The molecule has 3 N–H and O–H groups in total. The predicted molar refractivity (Wildman–Crippen MR) is 155 cm³/mol. The molecule has 41 heavy (non-hydrogen) atoms. The molecule has 210 valence electrons. The van der Waals surface area contributed by atoms with E-state index in [0.29, 0.717) is 52.9 Å². The summed E-state index contributed by atoms with van der Waals surface area (Å²) in [6, 6.07) is 16.0. The standard InChI is InChI=1S/C31H30FN5O4/c1-35-12-14-36(15-13-35)18-27(38)37-11-10-20-16-23(7-9-26(20)37)33-29(19-2-5-22(32)6-3-19)28-24-8-4-21(31(40)41)17-25(24)34-30(28)39/h2-9,16-17,34,39H,10-15,18H2,1H3,(H,40,41). The van der Waals surface area contributed by atoms with Crippen LogP contribution >= 0.6 is 0 Å². The van der Waals surface area contributed by atoms with Gasteiger partial charge in [-0.25, -0.2) is 14.2 Å². The van der Waals surface area contributed by atoms with Gasteiger partial charge in [0.05, 0.1) is 29.1 Å². The number of nitrogens with one attached hydrogen (secondary N) is 1. The molecule has 2 aliphatic heterocycles. The van der Waals surface area contributed by atoms with Crippen molar-refractivity contribution >= 4 is 39.9 Å². The van der Waals surface area contributed by atoms with E-state index in [4.69, 9.17) is 4.99 Å². The second-order valence-corrected chi connectivity index (χ2v) is 10.6. The van der Waals surface area contributed by atoms with Gasteiger partial charge in [0.15, 0.2) is 5.88 Å². The third kappa shape index (κ3) is 5.31. The number of anilines is 1. The number of aromatic nitrogens is 1. The molecule has 6 rings (SSSR count). The fraction of sp³-hybridized carbons (Fsp3) is 0.258. The minimum atomic E-state index is -1.08. The first kappa shape index (κ1) is 26.7. The number of halogens is 1. The molecular weight excluding hydrogens is 525 g/mol. The zero-order valence-electron chi connectivity index (χ0n) is 22.6. The van der Waals surface area contributed by atoms with Gasteiger partial charge in [-0.15, -0.1) is 0 Å². The lowest BCUT2D eigenvalue weighted by molar-refractivity contribution is -0.120. The summed E-state index contributed by atoms with van der Waals surface area (Å²) in [5.41, 5.74) is 4.38. The molecule has 0 spiro atoms. The van der Waals surface area contributed by atoms with E-state index in [2.05, 4.69) is 21.8 Å². The molecule has 0 atom stereocenters. The maximum atomic E-state index is 13.8. The third-order valence-corrected chi connectivity index (χ3v) is 7.84. The Morgan fingerprint density at radius 3 is 2.41 bits per heavy atom. The number of carboxylic acid groups (broad SMARTS) is 1. The Morgan fingerprint density at radius 1 is 0.951 bits per heavy atom. The lowest BCUT2D eigenvalue weighted by Crippen LogP contribution is -2.48. The van der Waals surface area contributed by atoms with E-state index in [-0.39, 0.29) is 17.4 Å². The Morgan fingerprint density at radius 2 is 1.68 bits per heavy atom. The number of aromatic hydroxyl groups is 1. The van der Waals surface area contributed by atoms with E-state index >= 15 is 0 Å². The molecule has 9 nitrogen and oxygen atoms in total. The molecule has 0 radical (unpaired) electrons. The predicted octanol–water partition coefficient (Wildman–Crippen LogP) is 4.02. The number of carbonyl (C=O) groups excluding carboxylic acids is 1. The van der Waals surface area contributed by atoms with E-state index in [1.54, 1.807) is 18.2 Å². The first-order chi connectivity index (χ1) is 19.8. The van der Waals surface area contributed by atoms with E-state index in [1.165, 1.54) is 24.3 Å². The third-order valence-electron chi connectivity index (χ3n) is 7.84. The Labute approximate surface area is 236 Å². The fourth-order valence-corrected chi connectivity index (χ4v) is 5.56. The molecule has 1 amide bonds. The molecule has 0 saturated carbocycles. The number of hydrogen-bond donors (Lipinski definition) is 3. The van der Waals surface area contributed by atoms with Crippen LogP contribution in [0.3, 0.4) is 0 Å². The number of piperazine rings is 1. The molecule has 0 unspecified atom stereocenters. The SMILES string of the molecule is CN1CCN(CC(=O)N2CCc3cc(N=C(c4ccc(F)cc4)c4c(O)[nH]c5cc(C(=O)O)ccc45)ccc32)CC1. The number of aliphatic imine (C=N–C) groups is 1. The van der Waals surface area contributed by atoms with E-state index in [1.807, 2.05) is 23.1 Å². The Balaban J connectivity index is 1.35. The zero-order valence-corrected chi connectivity index (χ0v) is 22.6. The first-order valence-corrected chi connectivity index (χ1v) is 13.5. The molecule has 3 aromatic carbocycles. The van der Waals surface area contributed by atoms with Gasteiger partial charge in [-0.1, -0.05) is 6.07 Å². The van der Waals surface area contributed by atoms with Crippen LogP contribution in [-0.4, -0.2) is 88.9 Å². The molecule has 1 fully saturated rings. The minimum Gasteiger partial charge on any atom is -0.494 e. The summed E-state index contributed by atoms with van der Waals surface area (Å²) < 4.78 is 13.8. The maximum Gasteiger partial charge on any atom is 0.335 e. The number of amides is 1. The molecule has 1 aromatic heterocycles. The quantitative estimate of drug-likeness (QED) is 0.310. The summed E-state index contributed by atoms with van der Waals surface area (Å²) in [5.74, 6) is -1.57. The van der Waals surface area contributed by atoms with Gasteiger partial charge in [-0.3, -0.25) is 9.69 Å². The second kappa shape index (κ2) is 10.8. The van der Waals surface area contributed by atoms with Crippen LogP contribution in [-0.2, 0) is 11.2 Å². The highest BCUT2D eigenvalue weighted by molar-refractivity contribution is 6.22. The normalized spacial score (nSPS) is 16.3. The van der Waals surface area contributed by atoms with Crippen molar-refractivity contribution in [2.45, 2.75) is 6.42 Å². The van der Waals surface area contributed by atoms with E-state index in [9.17, 15) is 24.2 Å². The number of carbonyl (C=O) groups is 2. The molecule has 4 aromatic rings. The van der Waals surface area contributed by atoms with Crippen molar-refractivity contribution in [3.8, 4) is 5.88 Å². The number of fused-ring (bicyclic) bond motifs is 2. The first-order valence-electron chi connectivity index (χ1n) is 13.5. The summed E-state index contributed by atoms with van der Waals surface area (Å²) >= 11 is 0. The van der Waals surface area contributed by atoms with Gasteiger partial charge in [0, 0.05) is 54.9 Å². The van der Waals surface area contributed by atoms with E-state index < -0.39 is 11.8 Å². The number of nitrogens with zero attached hydrogens (tertiary/aromatic N) is 4. The summed E-state index contributed by atoms with van der Waals surface area (Å²) in [4.78, 5) is 38.7. The number of likely N-dealkylation sites (N-methyl/N-ethyl adjacent to an activating group) is 1. The van der Waals surface area contributed by atoms with Crippen molar-refractivity contribution in [1.29, 1.82) is 0 Å². The van der Waals surface area contributed by atoms with Crippen LogP contribution in [0, 0.1) is 5.82 Å². The van der Waals surface area contributed by atoms with Crippen molar-refractivity contribution in [3.63, 3.8) is 0 Å². The maximum absolute atomic E-state index is 13.8. The number of benzene rings is 3. The van der Waals surface area contributed by atoms with Gasteiger partial charge in [0.1, 0.15) is 5.82 Å². The van der Waals surface area contributed by atoms with Gasteiger partial charge in [0.2, 0.25) is 5.91 Å². The van der Waals surface area contributed by atoms with Crippen LogP contribution in [0.5, 0.6) is 5.88 Å². The molecular formula is C31H30FN5O4. The molecule has 2 aliphatic rings. The molecule has 0 aliphatic carbocycles. The lowest BCUT2D eigenvalue weighted by Gasteiger charge is -2.32. The fourth-order valence-electron chi connectivity index (χ4n) is 5.56. The largest absolute Gasteiger partial charge is 0.494 e. The Bertz CT molecular complexity index is 1670. The number of aromatic amines is 1. The van der Waals surface area contributed by atoms with E-state index in [0.717, 1.165) is 37.4 Å². The highest BCUT2D eigenvalue weighted by Gasteiger charge is 2.27. The topological polar surface area (TPSA) is 112 Å². The van der Waals surface area contributed by atoms with Crippen molar-refractivity contribution in [2.75, 3.05) is 51.2 Å². The number of H-pyrrole nitrogens is 1. The highest BCUT2D eigenvalue weighted by Crippen LogP contribution is 2.35. The number of hydrogen-bond acceptors (Lipinski definition) is 6. The van der Waals surface area contributed by atoms with Gasteiger partial charge in [-0.05, 0) is 73.6 Å². The number of rotatable bonds is 6. The van der Waals surface area contributed by atoms with Gasteiger partial charge < -0.3 is 25.0 Å². The van der Waals surface area contributed by atoms with Crippen LogP contribution in [0.1, 0.15) is 27.0 Å². The highest BCUT2D eigenvalue weighted by atomic mass is 19.1. The zero-order chi connectivity index (χ0) is 28.7. The smallest absolute Gasteiger partial charge is 0.335 e. The van der Waals surface area contributed by atoms with Crippen LogP contribution in [0.25, 0.3) is 10.9 Å². The van der Waals surface area contributed by atoms with Crippen LogP contribution < -0.4 is 4.90 Å². The second-order valence-electron chi connectivity index (χ2n) is 10.6. The Hall–Kier alpha value is -4.54. The summed E-state index contributed by atoms with van der Waals surface area (Å²) in [7, 11) is 2.09. The number of aromatic carboxylic acids is 1. The molecule has 10 heteroatoms. The molecule has 1 saturated heterocycles. The van der Waals surface area contributed by atoms with Crippen molar-refractivity contribution in [2.24, 2.45) is 4.99 Å². The monoisotopic (exact) mass is 555 g/mol. The lowest BCUT2D eigenvalue weighted by atomic mass is 10.00. The molecule has 0 bridgehead atoms. The van der Waals surface area contributed by atoms with Crippen LogP contribution in [0.4, 0.5) is 15.8 Å². The Kier molecular flexibility index (Phi) is 7.02. The van der Waals surface area contributed by atoms with Gasteiger partial charge in [-0.2, -0.15) is 0 Å². The molecule has 3 heterocycles. The average Bonchev–Trinajstić information content (AvgIpc) is 3.53. The van der Waals surface area contributed by atoms with Crippen molar-refractivity contribution < 1.29 is 24.2 Å². The summed E-state index contributed by atoms with van der Waals surface area (Å²) in [6.07, 6.45) is 0.704. The van der Waals surface area contributed by atoms with Crippen molar-refractivity contribution in [3.05, 3.63) is 88.7 Å². The minimum absolute atomic E-state index is 0.0796. The van der Waals surface area contributed by atoms with Crippen molar-refractivity contribution in [1.82, 2.24) is 14.8 Å². The summed E-state index contributed by atoms with van der Waals surface area (Å²) in [6.45, 7) is 4.66. The summed E-state index contributed by atoms with van der Waals surface area (Å²) in [5, 5.41) is 20.9. The van der Waals surface area contributed by atoms with Gasteiger partial charge in [0.25, 0.3) is 0 Å². The average molecular weight is 556 g/mol. The van der Waals surface area contributed by atoms with Crippen LogP contribution in [0.15, 0.2) is 65.7 Å². The van der Waals surface area contributed by atoms with Gasteiger partial charge >= 0.3 is 5.97 Å². The van der Waals surface area contributed by atoms with Crippen LogP contribution in [0.2, 0.25) is 0 Å². The number of carboxylic acids is 1.